The number of hydrogen-bond acceptors (Lipinski definition) is 15. The molecule has 8 heterocycles. The van der Waals surface area contributed by atoms with E-state index >= 15 is 0 Å². The van der Waals surface area contributed by atoms with Gasteiger partial charge in [-0.15, -0.1) is 12.4 Å². The number of alkyl carbamates (subject to hydrolysis) is 1. The van der Waals surface area contributed by atoms with Gasteiger partial charge < -0.3 is 45.7 Å². The third-order valence-corrected chi connectivity index (χ3v) is 12.1. The van der Waals surface area contributed by atoms with Gasteiger partial charge in [0, 0.05) is 50.7 Å². The summed E-state index contributed by atoms with van der Waals surface area (Å²) in [6.45, 7) is 12.2. The number of nitrogens with zero attached hydrogens (tertiary/aromatic N) is 10. The highest BCUT2D eigenvalue weighted by molar-refractivity contribution is 5.85. The van der Waals surface area contributed by atoms with Gasteiger partial charge in [0.05, 0.1) is 61.6 Å². The lowest BCUT2D eigenvalue weighted by Crippen LogP contribution is -2.37. The van der Waals surface area contributed by atoms with Crippen molar-refractivity contribution in [1.82, 2.24) is 44.5 Å². The highest BCUT2D eigenvalue weighted by Crippen LogP contribution is 2.38. The first-order valence-corrected chi connectivity index (χ1v) is 22.1. The second-order valence-electron chi connectivity index (χ2n) is 17.8. The molecule has 19 heteroatoms. The lowest BCUT2D eigenvalue weighted by Gasteiger charge is -2.28. The molecule has 6 aromatic rings. The van der Waals surface area contributed by atoms with Crippen molar-refractivity contribution >= 4 is 64.2 Å². The summed E-state index contributed by atoms with van der Waals surface area (Å²) < 4.78 is 19.9. The fourth-order valence-corrected chi connectivity index (χ4v) is 8.95. The number of carbonyl (C=O) groups is 1. The highest BCUT2D eigenvalue weighted by atomic mass is 35.5. The molecule has 340 valence electrons. The van der Waals surface area contributed by atoms with Crippen LogP contribution in [0.5, 0.6) is 0 Å². The Morgan fingerprint density at radius 2 is 1.20 bits per heavy atom. The number of nitrogens with one attached hydrogen (secondary N) is 3. The zero-order chi connectivity index (χ0) is 43.3. The van der Waals surface area contributed by atoms with E-state index in [2.05, 4.69) is 86.3 Å². The lowest BCUT2D eigenvalue weighted by molar-refractivity contribution is 0.0505. The Morgan fingerprint density at radius 3 is 1.66 bits per heavy atom. The van der Waals surface area contributed by atoms with Gasteiger partial charge in [-0.25, -0.2) is 33.8 Å². The van der Waals surface area contributed by atoms with E-state index in [4.69, 9.17) is 19.9 Å². The SMILES string of the molecule is CC(C)(C)OC(=O)NC1CCC(c2cc(Nc3ccc(N4CCOCC4)cn3)c3ncnn3c2)C1.Cl.NC1CCC(c2cc(Nc3ccc(N4CCOCC4)cn3)c3ncnn3c2)C1. The van der Waals surface area contributed by atoms with Gasteiger partial charge in [-0.1, -0.05) is 0 Å². The van der Waals surface area contributed by atoms with Crippen LogP contribution < -0.4 is 31.5 Å². The van der Waals surface area contributed by atoms with Crippen LogP contribution in [0.4, 0.5) is 39.2 Å². The standard InChI is InChI=1S/C25H33N7O3.C20H25N7O.ClH/c1-25(2,3)35-24(33)29-19-5-4-17(12-19)18-13-21(23-27-16-28-32(23)15-18)30-22-7-6-20(14-26-22)31-8-10-34-11-9-31;21-16-2-1-14(9-16)15-10-18(20-23-13-24-27(20)12-15)25-19-4-3-17(11-22-19)26-5-7-28-8-6-26;/h6-7,13-17,19H,4-5,8-12H2,1-3H3,(H,26,30)(H,29,33);3-4,10-14,16H,1-2,5-9,21H2,(H,22,25);1H. The number of ether oxygens (including phenoxy) is 3. The van der Waals surface area contributed by atoms with E-state index in [-0.39, 0.29) is 24.5 Å². The summed E-state index contributed by atoms with van der Waals surface area (Å²) in [7, 11) is 0. The van der Waals surface area contributed by atoms with Gasteiger partial charge in [0.2, 0.25) is 0 Å². The molecule has 1 amide bonds. The van der Waals surface area contributed by atoms with Crippen LogP contribution in [0.2, 0.25) is 0 Å². The minimum Gasteiger partial charge on any atom is -0.444 e. The Hall–Kier alpha value is -5.82. The molecular formula is C45H59ClN14O4. The van der Waals surface area contributed by atoms with E-state index < -0.39 is 5.60 Å². The number of anilines is 6. The average Bonchev–Trinajstić information content (AvgIpc) is 4.13. The maximum absolute atomic E-state index is 12.2. The molecule has 4 aliphatic rings. The van der Waals surface area contributed by atoms with E-state index in [1.807, 2.05) is 56.0 Å². The van der Waals surface area contributed by atoms with Crippen molar-refractivity contribution in [2.24, 2.45) is 5.73 Å². The molecule has 6 aromatic heterocycles. The number of carbonyl (C=O) groups excluding carboxylic acids is 1. The van der Waals surface area contributed by atoms with E-state index in [0.717, 1.165) is 142 Å². The highest BCUT2D eigenvalue weighted by Gasteiger charge is 2.30. The van der Waals surface area contributed by atoms with Crippen molar-refractivity contribution < 1.29 is 19.0 Å². The number of amides is 1. The van der Waals surface area contributed by atoms with Crippen LogP contribution >= 0.6 is 12.4 Å². The molecule has 0 bridgehead atoms. The molecule has 2 saturated heterocycles. The number of hydrogen-bond donors (Lipinski definition) is 4. The number of nitrogens with two attached hydrogens (primary N) is 1. The Morgan fingerprint density at radius 1 is 0.703 bits per heavy atom. The van der Waals surface area contributed by atoms with Crippen molar-refractivity contribution in [2.45, 2.75) is 88.8 Å². The molecule has 0 radical (unpaired) electrons. The van der Waals surface area contributed by atoms with E-state index in [1.54, 1.807) is 17.2 Å². The first-order chi connectivity index (χ1) is 30.6. The first-order valence-electron chi connectivity index (χ1n) is 22.1. The van der Waals surface area contributed by atoms with Crippen molar-refractivity contribution in [3.63, 3.8) is 0 Å². The Kier molecular flexibility index (Phi) is 13.9. The third-order valence-electron chi connectivity index (χ3n) is 12.1. The van der Waals surface area contributed by atoms with Gasteiger partial charge in [-0.3, -0.25) is 0 Å². The Balaban J connectivity index is 0.000000176. The van der Waals surface area contributed by atoms with E-state index in [1.165, 1.54) is 5.56 Å². The quantitative estimate of drug-likeness (QED) is 0.121. The average molecular weight is 896 g/mol. The van der Waals surface area contributed by atoms with Gasteiger partial charge in [0.25, 0.3) is 0 Å². The molecule has 10 rings (SSSR count). The van der Waals surface area contributed by atoms with Gasteiger partial charge in [-0.2, -0.15) is 10.2 Å². The predicted molar refractivity (Wildman–Crippen MR) is 249 cm³/mol. The minimum absolute atomic E-state index is 0. The summed E-state index contributed by atoms with van der Waals surface area (Å²) in [5, 5.41) is 18.6. The van der Waals surface area contributed by atoms with Crippen LogP contribution in [0.25, 0.3) is 11.3 Å². The van der Waals surface area contributed by atoms with Gasteiger partial charge in [0.15, 0.2) is 11.3 Å². The molecule has 4 unspecified atom stereocenters. The molecule has 18 nitrogen and oxygen atoms in total. The fraction of sp³-hybridized carbons (Fsp3) is 0.489. The summed E-state index contributed by atoms with van der Waals surface area (Å²) in [4.78, 5) is 34.8. The molecule has 4 fully saturated rings. The molecule has 2 aliphatic carbocycles. The zero-order valence-corrected chi connectivity index (χ0v) is 37.5. The van der Waals surface area contributed by atoms with E-state index in [0.29, 0.717) is 17.9 Å². The number of rotatable bonds is 9. The maximum Gasteiger partial charge on any atom is 0.407 e. The number of halogens is 1. The van der Waals surface area contributed by atoms with Crippen molar-refractivity contribution in [3.8, 4) is 0 Å². The fourth-order valence-electron chi connectivity index (χ4n) is 8.95. The van der Waals surface area contributed by atoms with Gasteiger partial charge >= 0.3 is 6.09 Å². The summed E-state index contributed by atoms with van der Waals surface area (Å²) >= 11 is 0. The summed E-state index contributed by atoms with van der Waals surface area (Å²) in [5.41, 5.74) is 13.5. The zero-order valence-electron chi connectivity index (χ0n) is 36.7. The molecule has 0 aromatic carbocycles. The largest absolute Gasteiger partial charge is 0.444 e. The molecule has 5 N–H and O–H groups in total. The lowest BCUT2D eigenvalue weighted by atomic mass is 9.98. The number of pyridine rings is 4. The second-order valence-corrected chi connectivity index (χ2v) is 17.8. The first kappa shape index (κ1) is 44.8. The van der Waals surface area contributed by atoms with Crippen LogP contribution in [0, 0.1) is 0 Å². The van der Waals surface area contributed by atoms with Gasteiger partial charge in [-0.05, 0) is 119 Å². The summed E-state index contributed by atoms with van der Waals surface area (Å²) in [5.74, 6) is 2.32. The molecule has 2 aliphatic heterocycles. The summed E-state index contributed by atoms with van der Waals surface area (Å²) in [6.07, 6.45) is 16.6. The molecule has 0 spiro atoms. The monoisotopic (exact) mass is 894 g/mol. The van der Waals surface area contributed by atoms with Crippen LogP contribution in [-0.2, 0) is 14.2 Å². The topological polar surface area (TPSA) is 200 Å². The Bertz CT molecular complexity index is 2460. The maximum atomic E-state index is 12.2. The van der Waals surface area contributed by atoms with E-state index in [9.17, 15) is 4.79 Å². The second kappa shape index (κ2) is 19.9. The third kappa shape index (κ3) is 10.9. The number of morpholine rings is 2. The van der Waals surface area contributed by atoms with Gasteiger partial charge in [0.1, 0.15) is 29.9 Å². The van der Waals surface area contributed by atoms with Crippen LogP contribution in [-0.4, -0.2) is 116 Å². The van der Waals surface area contributed by atoms with Crippen LogP contribution in [0.1, 0.15) is 82.3 Å². The Labute approximate surface area is 379 Å². The molecule has 64 heavy (non-hydrogen) atoms. The minimum atomic E-state index is -0.505. The molecule has 4 atom stereocenters. The number of fused-ring (bicyclic) bond motifs is 2. The van der Waals surface area contributed by atoms with Crippen LogP contribution in [0.3, 0.4) is 0 Å². The summed E-state index contributed by atoms with van der Waals surface area (Å²) in [6, 6.07) is 12.9. The van der Waals surface area contributed by atoms with Crippen molar-refractivity contribution in [3.05, 3.63) is 85.0 Å². The number of aromatic nitrogens is 8. The van der Waals surface area contributed by atoms with Crippen molar-refractivity contribution in [2.75, 3.05) is 73.0 Å². The predicted octanol–water partition coefficient (Wildman–Crippen LogP) is 6.59. The normalized spacial score (nSPS) is 21.2. The molecule has 2 saturated carbocycles. The van der Waals surface area contributed by atoms with Crippen molar-refractivity contribution in [1.29, 1.82) is 0 Å². The van der Waals surface area contributed by atoms with Crippen LogP contribution in [0.15, 0.2) is 73.8 Å². The smallest absolute Gasteiger partial charge is 0.407 e. The molecular weight excluding hydrogens is 836 g/mol.